The monoisotopic (exact) mass is 309 g/mol. The van der Waals surface area contributed by atoms with Crippen molar-refractivity contribution >= 4 is 12.3 Å². The number of furan rings is 1. The number of benzene rings is 1. The molecule has 1 aromatic heterocycles. The molecule has 0 atom stereocenters. The van der Waals surface area contributed by atoms with Gasteiger partial charge in [0.1, 0.15) is 5.76 Å². The predicted molar refractivity (Wildman–Crippen MR) is 94.1 cm³/mol. The number of rotatable bonds is 5. The SMILES string of the molecule is CC(/C=N\N1CCN(Cc2ccccc2)CC1)=C\c1ccco1. The van der Waals surface area contributed by atoms with E-state index >= 15 is 0 Å². The lowest BCUT2D eigenvalue weighted by Crippen LogP contribution is -2.43. The minimum Gasteiger partial charge on any atom is -0.465 e. The van der Waals surface area contributed by atoms with Crippen molar-refractivity contribution in [2.45, 2.75) is 13.5 Å². The van der Waals surface area contributed by atoms with Gasteiger partial charge in [-0.25, -0.2) is 0 Å². The maximum Gasteiger partial charge on any atom is 0.126 e. The highest BCUT2D eigenvalue weighted by Gasteiger charge is 2.15. The molecule has 120 valence electrons. The van der Waals surface area contributed by atoms with Crippen molar-refractivity contribution in [3.05, 3.63) is 65.6 Å². The highest BCUT2D eigenvalue weighted by Crippen LogP contribution is 2.09. The largest absolute Gasteiger partial charge is 0.465 e. The summed E-state index contributed by atoms with van der Waals surface area (Å²) in [6.45, 7) is 7.10. The molecule has 0 saturated carbocycles. The molecule has 0 spiro atoms. The van der Waals surface area contributed by atoms with Gasteiger partial charge in [-0.1, -0.05) is 30.3 Å². The van der Waals surface area contributed by atoms with Crippen LogP contribution in [0.25, 0.3) is 6.08 Å². The normalized spacial score (nSPS) is 17.1. The van der Waals surface area contributed by atoms with Gasteiger partial charge >= 0.3 is 0 Å². The average molecular weight is 309 g/mol. The van der Waals surface area contributed by atoms with Crippen LogP contribution in [-0.2, 0) is 6.54 Å². The van der Waals surface area contributed by atoms with E-state index in [0.717, 1.165) is 44.1 Å². The van der Waals surface area contributed by atoms with Crippen molar-refractivity contribution in [2.24, 2.45) is 5.10 Å². The van der Waals surface area contributed by atoms with E-state index in [0.29, 0.717) is 0 Å². The quantitative estimate of drug-likeness (QED) is 0.793. The molecule has 23 heavy (non-hydrogen) atoms. The Morgan fingerprint density at radius 2 is 1.87 bits per heavy atom. The Hall–Kier alpha value is -2.33. The van der Waals surface area contributed by atoms with Gasteiger partial charge in [0.15, 0.2) is 0 Å². The van der Waals surface area contributed by atoms with E-state index in [2.05, 4.69) is 45.3 Å². The van der Waals surface area contributed by atoms with E-state index < -0.39 is 0 Å². The molecule has 1 saturated heterocycles. The molecule has 0 N–H and O–H groups in total. The van der Waals surface area contributed by atoms with Gasteiger partial charge in [-0.2, -0.15) is 5.10 Å². The third-order valence-electron chi connectivity index (χ3n) is 3.94. The molecular weight excluding hydrogens is 286 g/mol. The summed E-state index contributed by atoms with van der Waals surface area (Å²) in [5, 5.41) is 6.72. The predicted octanol–water partition coefficient (Wildman–Crippen LogP) is 3.49. The van der Waals surface area contributed by atoms with Gasteiger partial charge in [0, 0.05) is 32.7 Å². The molecule has 0 bridgehead atoms. The maximum absolute atomic E-state index is 5.31. The summed E-state index contributed by atoms with van der Waals surface area (Å²) in [6, 6.07) is 14.5. The number of hydrazone groups is 1. The molecule has 2 heterocycles. The smallest absolute Gasteiger partial charge is 0.126 e. The lowest BCUT2D eigenvalue weighted by Gasteiger charge is -2.33. The third kappa shape index (κ3) is 4.83. The van der Waals surface area contributed by atoms with Crippen LogP contribution in [-0.4, -0.2) is 42.3 Å². The van der Waals surface area contributed by atoms with Crippen LogP contribution in [0.15, 0.2) is 63.8 Å². The Morgan fingerprint density at radius 1 is 1.09 bits per heavy atom. The molecule has 1 fully saturated rings. The zero-order valence-electron chi connectivity index (χ0n) is 13.6. The third-order valence-corrected chi connectivity index (χ3v) is 3.94. The second-order valence-electron chi connectivity index (χ2n) is 5.86. The zero-order valence-corrected chi connectivity index (χ0v) is 13.6. The molecule has 0 radical (unpaired) electrons. The summed E-state index contributed by atoms with van der Waals surface area (Å²) in [5.41, 5.74) is 2.47. The first-order valence-corrected chi connectivity index (χ1v) is 8.06. The second-order valence-corrected chi connectivity index (χ2v) is 5.86. The van der Waals surface area contributed by atoms with Crippen LogP contribution in [0.4, 0.5) is 0 Å². The fourth-order valence-electron chi connectivity index (χ4n) is 2.66. The van der Waals surface area contributed by atoms with Crippen LogP contribution in [0.2, 0.25) is 0 Å². The number of allylic oxidation sites excluding steroid dienone is 1. The maximum atomic E-state index is 5.31. The fourth-order valence-corrected chi connectivity index (χ4v) is 2.66. The van der Waals surface area contributed by atoms with Crippen LogP contribution >= 0.6 is 0 Å². The summed E-state index contributed by atoms with van der Waals surface area (Å²) in [4.78, 5) is 2.48. The van der Waals surface area contributed by atoms with Crippen LogP contribution in [0, 0.1) is 0 Å². The van der Waals surface area contributed by atoms with E-state index in [1.807, 2.05) is 31.3 Å². The standard InChI is InChI=1S/C19H23N3O/c1-17(14-19-8-5-13-23-19)15-20-22-11-9-21(10-12-22)16-18-6-3-2-4-7-18/h2-8,13-15H,9-12,16H2,1H3/b17-14+,20-15-. The van der Waals surface area contributed by atoms with Gasteiger partial charge in [0.05, 0.1) is 12.5 Å². The highest BCUT2D eigenvalue weighted by atomic mass is 16.3. The van der Waals surface area contributed by atoms with Gasteiger partial charge in [-0.05, 0) is 36.3 Å². The minimum absolute atomic E-state index is 0.863. The number of piperazine rings is 1. The molecule has 1 aromatic carbocycles. The zero-order chi connectivity index (χ0) is 15.9. The molecule has 1 aliphatic heterocycles. The Balaban J connectivity index is 1.46. The van der Waals surface area contributed by atoms with Crippen LogP contribution in [0.3, 0.4) is 0 Å². The second kappa shape index (κ2) is 7.79. The molecule has 4 nitrogen and oxygen atoms in total. The summed E-state index contributed by atoms with van der Waals surface area (Å²) in [6.07, 6.45) is 5.59. The Kier molecular flexibility index (Phi) is 5.27. The fraction of sp³-hybridized carbons (Fsp3) is 0.316. The summed E-state index contributed by atoms with van der Waals surface area (Å²) in [5.74, 6) is 0.863. The Labute approximate surface area is 137 Å². The van der Waals surface area contributed by atoms with Gasteiger partial charge in [0.25, 0.3) is 0 Å². The van der Waals surface area contributed by atoms with Crippen LogP contribution < -0.4 is 0 Å². The van der Waals surface area contributed by atoms with Crippen molar-refractivity contribution in [1.29, 1.82) is 0 Å². The van der Waals surface area contributed by atoms with E-state index in [4.69, 9.17) is 4.42 Å². The summed E-state index contributed by atoms with van der Waals surface area (Å²) in [7, 11) is 0. The highest BCUT2D eigenvalue weighted by molar-refractivity contribution is 5.83. The summed E-state index contributed by atoms with van der Waals surface area (Å²) < 4.78 is 5.31. The first kappa shape index (κ1) is 15.6. The van der Waals surface area contributed by atoms with Crippen molar-refractivity contribution in [3.8, 4) is 0 Å². The average Bonchev–Trinajstić information content (AvgIpc) is 3.08. The minimum atomic E-state index is 0.863. The molecule has 3 rings (SSSR count). The van der Waals surface area contributed by atoms with Gasteiger partial charge in [0.2, 0.25) is 0 Å². The molecule has 0 amide bonds. The van der Waals surface area contributed by atoms with Crippen molar-refractivity contribution in [2.75, 3.05) is 26.2 Å². The van der Waals surface area contributed by atoms with Crippen molar-refractivity contribution in [3.63, 3.8) is 0 Å². The van der Waals surface area contributed by atoms with E-state index in [1.165, 1.54) is 5.56 Å². The number of hydrogen-bond acceptors (Lipinski definition) is 4. The van der Waals surface area contributed by atoms with E-state index in [9.17, 15) is 0 Å². The number of nitrogens with zero attached hydrogens (tertiary/aromatic N) is 3. The van der Waals surface area contributed by atoms with Crippen LogP contribution in [0.5, 0.6) is 0 Å². The topological polar surface area (TPSA) is 32.0 Å². The first-order chi connectivity index (χ1) is 11.3. The summed E-state index contributed by atoms with van der Waals surface area (Å²) >= 11 is 0. The lowest BCUT2D eigenvalue weighted by atomic mass is 10.2. The molecule has 0 unspecified atom stereocenters. The molecular formula is C19H23N3O. The Morgan fingerprint density at radius 3 is 2.57 bits per heavy atom. The molecule has 2 aromatic rings. The van der Waals surface area contributed by atoms with Crippen molar-refractivity contribution < 1.29 is 4.42 Å². The lowest BCUT2D eigenvalue weighted by molar-refractivity contribution is 0.131. The van der Waals surface area contributed by atoms with Crippen LogP contribution in [0.1, 0.15) is 18.2 Å². The molecule has 1 aliphatic rings. The van der Waals surface area contributed by atoms with Gasteiger partial charge in [-0.3, -0.25) is 9.91 Å². The number of hydrogen-bond donors (Lipinski definition) is 0. The molecule has 4 heteroatoms. The molecule has 0 aliphatic carbocycles. The van der Waals surface area contributed by atoms with Gasteiger partial charge in [-0.15, -0.1) is 0 Å². The van der Waals surface area contributed by atoms with E-state index in [-0.39, 0.29) is 0 Å². The Bertz CT molecular complexity index is 639. The first-order valence-electron chi connectivity index (χ1n) is 8.06. The van der Waals surface area contributed by atoms with E-state index in [1.54, 1.807) is 6.26 Å². The van der Waals surface area contributed by atoms with Gasteiger partial charge < -0.3 is 4.42 Å². The van der Waals surface area contributed by atoms with Crippen molar-refractivity contribution in [1.82, 2.24) is 9.91 Å².